The highest BCUT2D eigenvalue weighted by molar-refractivity contribution is 5.38. The first-order chi connectivity index (χ1) is 9.79. The highest BCUT2D eigenvalue weighted by atomic mass is 19.4. The predicted octanol–water partition coefficient (Wildman–Crippen LogP) is 3.13. The molecule has 1 aromatic carbocycles. The van der Waals surface area contributed by atoms with Crippen molar-refractivity contribution in [1.29, 1.82) is 0 Å². The molecule has 0 aliphatic carbocycles. The fourth-order valence-corrected chi connectivity index (χ4v) is 2.17. The van der Waals surface area contributed by atoms with Crippen LogP contribution >= 0.6 is 0 Å². The van der Waals surface area contributed by atoms with Crippen LogP contribution in [0.4, 0.5) is 13.2 Å². The molecule has 0 fully saturated rings. The second-order valence-electron chi connectivity index (χ2n) is 5.08. The van der Waals surface area contributed by atoms with Crippen molar-refractivity contribution in [2.45, 2.75) is 50.9 Å². The standard InChI is InChI=1S/C15H22F3NO2/c1-3-4-12(19)13(20)8-6-10-5-7-11(15(16,17)18)9-14(10)21-2/h5,7,9,12-13,20H,3-4,6,8,19H2,1-2H3. The fraction of sp³-hybridized carbons (Fsp3) is 0.600. The van der Waals surface area contributed by atoms with Crippen LogP contribution in [0.15, 0.2) is 18.2 Å². The SMILES string of the molecule is CCCC(N)C(O)CCc1ccc(C(F)(F)F)cc1OC. The van der Waals surface area contributed by atoms with Crippen molar-refractivity contribution in [2.75, 3.05) is 7.11 Å². The number of hydrogen-bond donors (Lipinski definition) is 2. The van der Waals surface area contributed by atoms with Gasteiger partial charge in [-0.1, -0.05) is 19.4 Å². The first kappa shape index (κ1) is 17.8. The van der Waals surface area contributed by atoms with Crippen LogP contribution in [0.5, 0.6) is 5.75 Å². The Kier molecular flexibility index (Phi) is 6.48. The molecule has 0 amide bonds. The molecule has 0 saturated heterocycles. The molecular weight excluding hydrogens is 283 g/mol. The maximum absolute atomic E-state index is 12.6. The van der Waals surface area contributed by atoms with E-state index in [0.29, 0.717) is 24.8 Å². The van der Waals surface area contributed by atoms with E-state index < -0.39 is 17.8 Å². The van der Waals surface area contributed by atoms with Crippen molar-refractivity contribution >= 4 is 0 Å². The Bertz CT molecular complexity index is 449. The lowest BCUT2D eigenvalue weighted by Gasteiger charge is -2.19. The molecule has 120 valence electrons. The van der Waals surface area contributed by atoms with Crippen LogP contribution < -0.4 is 10.5 Å². The van der Waals surface area contributed by atoms with E-state index in [2.05, 4.69) is 0 Å². The van der Waals surface area contributed by atoms with Gasteiger partial charge in [-0.15, -0.1) is 0 Å². The van der Waals surface area contributed by atoms with Gasteiger partial charge < -0.3 is 15.6 Å². The molecule has 6 heteroatoms. The molecular formula is C15H22F3NO2. The van der Waals surface area contributed by atoms with Gasteiger partial charge >= 0.3 is 6.18 Å². The monoisotopic (exact) mass is 305 g/mol. The lowest BCUT2D eigenvalue weighted by atomic mass is 9.98. The van der Waals surface area contributed by atoms with E-state index in [0.717, 1.165) is 18.6 Å². The smallest absolute Gasteiger partial charge is 0.416 e. The quantitative estimate of drug-likeness (QED) is 0.813. The maximum Gasteiger partial charge on any atom is 0.416 e. The third-order valence-electron chi connectivity index (χ3n) is 3.44. The summed E-state index contributed by atoms with van der Waals surface area (Å²) in [6.07, 6.45) is -2.66. The number of aliphatic hydroxyl groups excluding tert-OH is 1. The number of aliphatic hydroxyl groups is 1. The highest BCUT2D eigenvalue weighted by Gasteiger charge is 2.31. The first-order valence-corrected chi connectivity index (χ1v) is 6.97. The van der Waals surface area contributed by atoms with Gasteiger partial charge in [-0.2, -0.15) is 13.2 Å². The molecule has 3 N–H and O–H groups in total. The summed E-state index contributed by atoms with van der Waals surface area (Å²) in [5.41, 5.74) is 5.70. The number of methoxy groups -OCH3 is 1. The van der Waals surface area contributed by atoms with Crippen LogP contribution in [0.2, 0.25) is 0 Å². The maximum atomic E-state index is 12.6. The molecule has 21 heavy (non-hydrogen) atoms. The van der Waals surface area contributed by atoms with Gasteiger partial charge in [0, 0.05) is 6.04 Å². The second-order valence-corrected chi connectivity index (χ2v) is 5.08. The number of benzene rings is 1. The van der Waals surface area contributed by atoms with Crippen LogP contribution in [0.3, 0.4) is 0 Å². The van der Waals surface area contributed by atoms with Crippen LogP contribution in [-0.4, -0.2) is 24.4 Å². The van der Waals surface area contributed by atoms with Crippen molar-refractivity contribution in [1.82, 2.24) is 0 Å². The minimum absolute atomic E-state index is 0.182. The van der Waals surface area contributed by atoms with Crippen molar-refractivity contribution in [3.8, 4) is 5.75 Å². The van der Waals surface area contributed by atoms with Crippen LogP contribution in [-0.2, 0) is 12.6 Å². The van der Waals surface area contributed by atoms with Crippen LogP contribution in [0.1, 0.15) is 37.3 Å². The number of ether oxygens (including phenoxy) is 1. The highest BCUT2D eigenvalue weighted by Crippen LogP contribution is 2.33. The number of rotatable bonds is 7. The van der Waals surface area contributed by atoms with E-state index in [1.54, 1.807) is 0 Å². The van der Waals surface area contributed by atoms with Crippen LogP contribution in [0, 0.1) is 0 Å². The average molecular weight is 305 g/mol. The van der Waals surface area contributed by atoms with Gasteiger partial charge in [-0.25, -0.2) is 0 Å². The zero-order valence-electron chi connectivity index (χ0n) is 12.3. The Morgan fingerprint density at radius 1 is 1.29 bits per heavy atom. The minimum atomic E-state index is -4.39. The number of aryl methyl sites for hydroxylation is 1. The number of alkyl halides is 3. The van der Waals surface area contributed by atoms with Gasteiger partial charge in [0.15, 0.2) is 0 Å². The molecule has 1 rings (SSSR count). The lowest BCUT2D eigenvalue weighted by Crippen LogP contribution is -2.34. The molecule has 3 nitrogen and oxygen atoms in total. The molecule has 0 radical (unpaired) electrons. The summed E-state index contributed by atoms with van der Waals surface area (Å²) in [6, 6.07) is 3.08. The van der Waals surface area contributed by atoms with Gasteiger partial charge in [0.25, 0.3) is 0 Å². The van der Waals surface area contributed by atoms with Crippen LogP contribution in [0.25, 0.3) is 0 Å². The molecule has 2 unspecified atom stereocenters. The Labute approximate surface area is 122 Å². The molecule has 0 spiro atoms. The van der Waals surface area contributed by atoms with Crippen molar-refractivity contribution in [3.05, 3.63) is 29.3 Å². The van der Waals surface area contributed by atoms with Gasteiger partial charge in [-0.3, -0.25) is 0 Å². The summed E-state index contributed by atoms with van der Waals surface area (Å²) >= 11 is 0. The third-order valence-corrected chi connectivity index (χ3v) is 3.44. The average Bonchev–Trinajstić information content (AvgIpc) is 2.43. The number of halogens is 3. The molecule has 0 aliphatic rings. The van der Waals surface area contributed by atoms with E-state index in [1.165, 1.54) is 13.2 Å². The van der Waals surface area contributed by atoms with Crippen molar-refractivity contribution in [3.63, 3.8) is 0 Å². The van der Waals surface area contributed by atoms with E-state index in [1.807, 2.05) is 6.92 Å². The largest absolute Gasteiger partial charge is 0.496 e. The Balaban J connectivity index is 2.75. The Morgan fingerprint density at radius 3 is 2.48 bits per heavy atom. The summed E-state index contributed by atoms with van der Waals surface area (Å²) in [6.45, 7) is 1.98. The zero-order chi connectivity index (χ0) is 16.0. The normalized spacial score (nSPS) is 14.8. The van der Waals surface area contributed by atoms with Crippen molar-refractivity contribution in [2.24, 2.45) is 5.73 Å². The first-order valence-electron chi connectivity index (χ1n) is 6.97. The van der Waals surface area contributed by atoms with Gasteiger partial charge in [0.2, 0.25) is 0 Å². The summed E-state index contributed by atoms with van der Waals surface area (Å²) in [4.78, 5) is 0. The zero-order valence-corrected chi connectivity index (χ0v) is 12.3. The lowest BCUT2D eigenvalue weighted by molar-refractivity contribution is -0.137. The number of nitrogens with two attached hydrogens (primary N) is 1. The summed E-state index contributed by atoms with van der Waals surface area (Å²) < 4.78 is 42.9. The van der Waals surface area contributed by atoms with Gasteiger partial charge in [-0.05, 0) is 37.0 Å². The van der Waals surface area contributed by atoms with E-state index in [9.17, 15) is 18.3 Å². The molecule has 0 aromatic heterocycles. The Hall–Kier alpha value is -1.27. The third kappa shape index (κ3) is 5.21. The van der Waals surface area contributed by atoms with Gasteiger partial charge in [0.05, 0.1) is 18.8 Å². The predicted molar refractivity (Wildman–Crippen MR) is 75.2 cm³/mol. The summed E-state index contributed by atoms with van der Waals surface area (Å²) in [5.74, 6) is 0.182. The van der Waals surface area contributed by atoms with E-state index in [4.69, 9.17) is 10.5 Å². The molecule has 0 bridgehead atoms. The second kappa shape index (κ2) is 7.66. The summed E-state index contributed by atoms with van der Waals surface area (Å²) in [7, 11) is 1.33. The molecule has 2 atom stereocenters. The molecule has 1 aromatic rings. The van der Waals surface area contributed by atoms with E-state index in [-0.39, 0.29) is 11.8 Å². The molecule has 0 saturated carbocycles. The topological polar surface area (TPSA) is 55.5 Å². The fourth-order valence-electron chi connectivity index (χ4n) is 2.17. The van der Waals surface area contributed by atoms with E-state index >= 15 is 0 Å². The molecule has 0 heterocycles. The minimum Gasteiger partial charge on any atom is -0.496 e. The number of hydrogen-bond acceptors (Lipinski definition) is 3. The van der Waals surface area contributed by atoms with Gasteiger partial charge in [0.1, 0.15) is 5.75 Å². The molecule has 0 aliphatic heterocycles. The summed E-state index contributed by atoms with van der Waals surface area (Å²) in [5, 5.41) is 9.91. The van der Waals surface area contributed by atoms with Crippen molar-refractivity contribution < 1.29 is 23.0 Å². The Morgan fingerprint density at radius 2 is 1.95 bits per heavy atom.